The summed E-state index contributed by atoms with van der Waals surface area (Å²) in [6.45, 7) is 6.60. The van der Waals surface area contributed by atoms with Crippen LogP contribution in [-0.2, 0) is 0 Å². The van der Waals surface area contributed by atoms with E-state index in [0.29, 0.717) is 5.56 Å². The summed E-state index contributed by atoms with van der Waals surface area (Å²) in [6, 6.07) is 17.0. The lowest BCUT2D eigenvalue weighted by Gasteiger charge is -2.34. The number of methoxy groups -OCH3 is 1. The van der Waals surface area contributed by atoms with Crippen molar-refractivity contribution in [2.75, 3.05) is 13.7 Å². The number of carbonyl (C=O) groups is 1. The Morgan fingerprint density at radius 1 is 1.17 bits per heavy atom. The highest BCUT2D eigenvalue weighted by Gasteiger charge is 2.31. The second-order valence-electron chi connectivity index (χ2n) is 9.55. The number of hydrogen-bond donors (Lipinski definition) is 2. The highest BCUT2D eigenvalue weighted by Crippen LogP contribution is 2.43. The van der Waals surface area contributed by atoms with Gasteiger partial charge in [0.15, 0.2) is 11.6 Å². The number of carboxylic acids is 1. The zero-order chi connectivity index (χ0) is 25.8. The van der Waals surface area contributed by atoms with Crippen molar-refractivity contribution in [3.05, 3.63) is 93.8 Å². The summed E-state index contributed by atoms with van der Waals surface area (Å²) >= 11 is 0. The van der Waals surface area contributed by atoms with Crippen LogP contribution in [0.2, 0.25) is 0 Å². The molecule has 0 fully saturated rings. The van der Waals surface area contributed by atoms with Crippen LogP contribution in [0.15, 0.2) is 54.6 Å². The number of benzene rings is 3. The van der Waals surface area contributed by atoms with Gasteiger partial charge in [0.1, 0.15) is 5.75 Å². The van der Waals surface area contributed by atoms with E-state index in [1.165, 1.54) is 13.2 Å². The number of halogens is 1. The number of para-hydroxylation sites is 1. The fourth-order valence-electron chi connectivity index (χ4n) is 5.25. The van der Waals surface area contributed by atoms with Crippen molar-refractivity contribution in [3.8, 4) is 11.5 Å². The summed E-state index contributed by atoms with van der Waals surface area (Å²) in [5.41, 5.74) is 5.13. The van der Waals surface area contributed by atoms with E-state index < -0.39 is 5.97 Å². The molecule has 0 bridgehead atoms. The average molecular weight is 492 g/mol. The van der Waals surface area contributed by atoms with Gasteiger partial charge in [0.25, 0.3) is 0 Å². The molecule has 36 heavy (non-hydrogen) atoms. The Balaban J connectivity index is 1.44. The smallest absolute Gasteiger partial charge is 0.336 e. The SMILES string of the molecule is COc1cc(C(C)NCCCC2CC(c3ccc(C)c(C(=O)O)c3C)c3ccccc3O2)ccc1F. The van der Waals surface area contributed by atoms with E-state index in [1.807, 2.05) is 38.1 Å². The quantitative estimate of drug-likeness (QED) is 0.332. The van der Waals surface area contributed by atoms with E-state index in [-0.39, 0.29) is 29.6 Å². The molecule has 0 aromatic heterocycles. The fraction of sp³-hybridized carbons (Fsp3) is 0.367. The van der Waals surface area contributed by atoms with Gasteiger partial charge in [0, 0.05) is 17.5 Å². The van der Waals surface area contributed by atoms with E-state index in [4.69, 9.17) is 9.47 Å². The predicted octanol–water partition coefficient (Wildman–Crippen LogP) is 6.56. The van der Waals surface area contributed by atoms with Gasteiger partial charge in [0.05, 0.1) is 18.8 Å². The lowest BCUT2D eigenvalue weighted by molar-refractivity contribution is 0.0695. The van der Waals surface area contributed by atoms with Gasteiger partial charge < -0.3 is 19.9 Å². The van der Waals surface area contributed by atoms with E-state index in [0.717, 1.165) is 59.4 Å². The van der Waals surface area contributed by atoms with Crippen molar-refractivity contribution >= 4 is 5.97 Å². The van der Waals surface area contributed by atoms with Crippen LogP contribution in [0.5, 0.6) is 11.5 Å². The predicted molar refractivity (Wildman–Crippen MR) is 139 cm³/mol. The molecule has 1 heterocycles. The Morgan fingerprint density at radius 3 is 2.69 bits per heavy atom. The Labute approximate surface area is 212 Å². The monoisotopic (exact) mass is 491 g/mol. The first-order valence-corrected chi connectivity index (χ1v) is 12.5. The van der Waals surface area contributed by atoms with Crippen LogP contribution >= 0.6 is 0 Å². The van der Waals surface area contributed by atoms with Crippen LogP contribution in [0.25, 0.3) is 0 Å². The number of rotatable bonds is 9. The Hall–Kier alpha value is -3.38. The van der Waals surface area contributed by atoms with Crippen molar-refractivity contribution in [2.45, 2.75) is 58.1 Å². The highest BCUT2D eigenvalue weighted by atomic mass is 19.1. The third-order valence-electron chi connectivity index (χ3n) is 7.22. The van der Waals surface area contributed by atoms with Crippen molar-refractivity contribution in [1.29, 1.82) is 0 Å². The molecule has 1 aliphatic heterocycles. The Morgan fingerprint density at radius 2 is 1.94 bits per heavy atom. The van der Waals surface area contributed by atoms with Gasteiger partial charge in [-0.1, -0.05) is 36.4 Å². The van der Waals surface area contributed by atoms with Gasteiger partial charge in [-0.3, -0.25) is 0 Å². The molecular formula is C30H34FNO4. The van der Waals surface area contributed by atoms with Crippen LogP contribution in [0, 0.1) is 19.7 Å². The second kappa shape index (κ2) is 11.1. The summed E-state index contributed by atoms with van der Waals surface area (Å²) in [5, 5.41) is 13.3. The summed E-state index contributed by atoms with van der Waals surface area (Å²) in [7, 11) is 1.47. The molecule has 3 atom stereocenters. The van der Waals surface area contributed by atoms with Gasteiger partial charge in [-0.15, -0.1) is 0 Å². The normalized spacial score (nSPS) is 17.7. The summed E-state index contributed by atoms with van der Waals surface area (Å²) in [6.07, 6.45) is 2.61. The molecule has 190 valence electrons. The molecule has 3 unspecified atom stereocenters. The van der Waals surface area contributed by atoms with Crippen molar-refractivity contribution in [3.63, 3.8) is 0 Å². The molecular weight excluding hydrogens is 457 g/mol. The topological polar surface area (TPSA) is 67.8 Å². The summed E-state index contributed by atoms with van der Waals surface area (Å²) in [4.78, 5) is 11.9. The van der Waals surface area contributed by atoms with Crippen molar-refractivity contribution in [2.24, 2.45) is 0 Å². The van der Waals surface area contributed by atoms with Crippen LogP contribution < -0.4 is 14.8 Å². The van der Waals surface area contributed by atoms with Crippen molar-refractivity contribution < 1.29 is 23.8 Å². The van der Waals surface area contributed by atoms with Gasteiger partial charge in [-0.05, 0) is 87.0 Å². The zero-order valence-electron chi connectivity index (χ0n) is 21.3. The van der Waals surface area contributed by atoms with E-state index in [1.54, 1.807) is 12.1 Å². The molecule has 1 aliphatic rings. The standard InChI is InChI=1S/C30H34FNO4/c1-18-11-13-23(19(2)29(18)30(33)34)25-17-22(36-27-10-6-5-9-24(25)27)8-7-15-32-20(3)21-12-14-26(31)28(16-21)35-4/h5-6,9-14,16,20,22,25,32H,7-8,15,17H2,1-4H3,(H,33,34). The maximum absolute atomic E-state index is 13.7. The maximum atomic E-state index is 13.7. The molecule has 4 rings (SSSR count). The first-order valence-electron chi connectivity index (χ1n) is 12.5. The number of aromatic carboxylic acids is 1. The number of ether oxygens (including phenoxy) is 2. The minimum absolute atomic E-state index is 0.0295. The van der Waals surface area contributed by atoms with E-state index in [2.05, 4.69) is 24.4 Å². The Bertz CT molecular complexity index is 1240. The third-order valence-corrected chi connectivity index (χ3v) is 7.22. The molecule has 0 amide bonds. The van der Waals surface area contributed by atoms with Crippen LogP contribution in [-0.4, -0.2) is 30.8 Å². The molecule has 0 saturated carbocycles. The first kappa shape index (κ1) is 25.7. The molecule has 0 radical (unpaired) electrons. The first-order chi connectivity index (χ1) is 17.3. The molecule has 0 aliphatic carbocycles. The molecule has 6 heteroatoms. The molecule has 5 nitrogen and oxygen atoms in total. The Kier molecular flexibility index (Phi) is 7.94. The molecule has 3 aromatic rings. The van der Waals surface area contributed by atoms with Crippen LogP contribution in [0.3, 0.4) is 0 Å². The van der Waals surface area contributed by atoms with E-state index in [9.17, 15) is 14.3 Å². The third kappa shape index (κ3) is 5.39. The number of hydrogen-bond acceptors (Lipinski definition) is 4. The molecule has 2 N–H and O–H groups in total. The minimum atomic E-state index is -0.886. The molecule has 0 saturated heterocycles. The number of carboxylic acid groups (broad SMARTS) is 1. The largest absolute Gasteiger partial charge is 0.494 e. The summed E-state index contributed by atoms with van der Waals surface area (Å²) in [5.74, 6) is -0.0498. The molecule has 3 aromatic carbocycles. The fourth-order valence-corrected chi connectivity index (χ4v) is 5.25. The molecule has 0 spiro atoms. The van der Waals surface area contributed by atoms with Gasteiger partial charge >= 0.3 is 5.97 Å². The second-order valence-corrected chi connectivity index (χ2v) is 9.55. The lowest BCUT2D eigenvalue weighted by Crippen LogP contribution is -2.28. The van der Waals surface area contributed by atoms with Gasteiger partial charge in [-0.2, -0.15) is 0 Å². The van der Waals surface area contributed by atoms with E-state index >= 15 is 0 Å². The number of fused-ring (bicyclic) bond motifs is 1. The maximum Gasteiger partial charge on any atom is 0.336 e. The van der Waals surface area contributed by atoms with Crippen LogP contribution in [0.4, 0.5) is 4.39 Å². The average Bonchev–Trinajstić information content (AvgIpc) is 2.86. The zero-order valence-corrected chi connectivity index (χ0v) is 21.3. The van der Waals surface area contributed by atoms with Crippen molar-refractivity contribution in [1.82, 2.24) is 5.32 Å². The summed E-state index contributed by atoms with van der Waals surface area (Å²) < 4.78 is 25.2. The highest BCUT2D eigenvalue weighted by molar-refractivity contribution is 5.91. The number of nitrogens with one attached hydrogen (secondary N) is 1. The van der Waals surface area contributed by atoms with Gasteiger partial charge in [-0.25, -0.2) is 9.18 Å². The van der Waals surface area contributed by atoms with Crippen LogP contribution in [0.1, 0.15) is 76.3 Å². The van der Waals surface area contributed by atoms with Gasteiger partial charge in [0.2, 0.25) is 0 Å². The minimum Gasteiger partial charge on any atom is -0.494 e. The lowest BCUT2D eigenvalue weighted by atomic mass is 9.80. The number of aryl methyl sites for hydroxylation is 1.